The number of pyridine rings is 2. The molecule has 2 rings (SSSR count). The van der Waals surface area contributed by atoms with Crippen molar-refractivity contribution in [3.63, 3.8) is 0 Å². The van der Waals surface area contributed by atoms with Crippen LogP contribution in [0.25, 0.3) is 11.0 Å². The van der Waals surface area contributed by atoms with Gasteiger partial charge in [-0.15, -0.1) is 0 Å². The molecule has 0 aliphatic carbocycles. The van der Waals surface area contributed by atoms with Crippen LogP contribution in [0, 0.1) is 0 Å². The maximum absolute atomic E-state index is 9.99. The molecule has 1 atom stereocenters. The fraction of sp³-hybridized carbons (Fsp3) is 0.385. The van der Waals surface area contributed by atoms with Crippen molar-refractivity contribution >= 4 is 11.0 Å². The molecule has 16 heavy (non-hydrogen) atoms. The predicted octanol–water partition coefficient (Wildman–Crippen LogP) is 2.33. The van der Waals surface area contributed by atoms with Gasteiger partial charge in [0.15, 0.2) is 5.65 Å². The van der Waals surface area contributed by atoms with Crippen LogP contribution in [0.15, 0.2) is 30.5 Å². The molecule has 0 aliphatic rings. The zero-order chi connectivity index (χ0) is 11.6. The van der Waals surface area contributed by atoms with E-state index in [1.807, 2.05) is 38.1 Å². The SMILES string of the molecule is CCC(C)(O)Cc1ccc2cccnc2n1. The molecule has 1 unspecified atom stereocenters. The third-order valence-electron chi connectivity index (χ3n) is 2.85. The van der Waals surface area contributed by atoms with Gasteiger partial charge < -0.3 is 5.11 Å². The second kappa shape index (κ2) is 4.18. The van der Waals surface area contributed by atoms with E-state index in [9.17, 15) is 5.11 Å². The summed E-state index contributed by atoms with van der Waals surface area (Å²) in [5.74, 6) is 0. The minimum absolute atomic E-state index is 0.565. The number of aromatic nitrogens is 2. The second-order valence-corrected chi connectivity index (χ2v) is 4.38. The van der Waals surface area contributed by atoms with Crippen molar-refractivity contribution in [2.75, 3.05) is 0 Å². The highest BCUT2D eigenvalue weighted by molar-refractivity contribution is 5.74. The molecule has 0 spiro atoms. The number of aliphatic hydroxyl groups is 1. The summed E-state index contributed by atoms with van der Waals surface area (Å²) in [5.41, 5.74) is 0.945. The minimum Gasteiger partial charge on any atom is -0.390 e. The van der Waals surface area contributed by atoms with Crippen molar-refractivity contribution < 1.29 is 5.11 Å². The summed E-state index contributed by atoms with van der Waals surface area (Å²) in [6, 6.07) is 7.83. The molecule has 1 N–H and O–H groups in total. The molecule has 2 aromatic rings. The van der Waals surface area contributed by atoms with Gasteiger partial charge in [0.1, 0.15) is 0 Å². The lowest BCUT2D eigenvalue weighted by atomic mass is 9.97. The van der Waals surface area contributed by atoms with Crippen molar-refractivity contribution in [3.8, 4) is 0 Å². The average molecular weight is 216 g/mol. The number of nitrogens with zero attached hydrogens (tertiary/aromatic N) is 2. The molecule has 84 valence electrons. The third kappa shape index (κ3) is 2.36. The normalized spacial score (nSPS) is 14.9. The Bertz CT molecular complexity index is 494. The highest BCUT2D eigenvalue weighted by atomic mass is 16.3. The maximum atomic E-state index is 9.99. The van der Waals surface area contributed by atoms with Gasteiger partial charge in [0.2, 0.25) is 0 Å². The largest absolute Gasteiger partial charge is 0.390 e. The van der Waals surface area contributed by atoms with Gasteiger partial charge >= 0.3 is 0 Å². The zero-order valence-electron chi connectivity index (χ0n) is 9.64. The van der Waals surface area contributed by atoms with E-state index in [0.29, 0.717) is 6.42 Å². The standard InChI is InChI=1S/C13H16N2O/c1-3-13(2,16)9-11-7-6-10-5-4-8-14-12(10)15-11/h4-8,16H,3,9H2,1-2H3. The average Bonchev–Trinajstić information content (AvgIpc) is 2.28. The first kappa shape index (κ1) is 11.0. The summed E-state index contributed by atoms with van der Waals surface area (Å²) < 4.78 is 0. The molecule has 3 heteroatoms. The number of rotatable bonds is 3. The highest BCUT2D eigenvalue weighted by Gasteiger charge is 2.18. The first-order chi connectivity index (χ1) is 7.61. The first-order valence-corrected chi connectivity index (χ1v) is 5.54. The molecule has 0 aliphatic heterocycles. The molecular weight excluding hydrogens is 200 g/mol. The van der Waals surface area contributed by atoms with Crippen LogP contribution in [-0.2, 0) is 6.42 Å². The van der Waals surface area contributed by atoms with Crippen molar-refractivity contribution in [1.82, 2.24) is 9.97 Å². The Hall–Kier alpha value is -1.48. The number of fused-ring (bicyclic) bond motifs is 1. The van der Waals surface area contributed by atoms with Gasteiger partial charge in [-0.3, -0.25) is 0 Å². The quantitative estimate of drug-likeness (QED) is 0.856. The van der Waals surface area contributed by atoms with Crippen LogP contribution in [0.3, 0.4) is 0 Å². The van der Waals surface area contributed by atoms with Crippen LogP contribution in [-0.4, -0.2) is 20.7 Å². The Labute approximate surface area is 95.2 Å². The lowest BCUT2D eigenvalue weighted by molar-refractivity contribution is 0.0555. The molecule has 0 fully saturated rings. The fourth-order valence-electron chi connectivity index (χ4n) is 1.61. The molecule has 2 aromatic heterocycles. The van der Waals surface area contributed by atoms with E-state index >= 15 is 0 Å². The molecule has 0 amide bonds. The monoisotopic (exact) mass is 216 g/mol. The Kier molecular flexibility index (Phi) is 2.88. The van der Waals surface area contributed by atoms with Gasteiger partial charge in [0.25, 0.3) is 0 Å². The molecule has 0 saturated heterocycles. The molecule has 0 radical (unpaired) electrons. The summed E-state index contributed by atoms with van der Waals surface area (Å²) in [5, 5.41) is 11.0. The predicted molar refractivity (Wildman–Crippen MR) is 64.2 cm³/mol. The van der Waals surface area contributed by atoms with Crippen molar-refractivity contribution in [2.45, 2.75) is 32.3 Å². The summed E-state index contributed by atoms with van der Waals surface area (Å²) in [6.07, 6.45) is 3.02. The lowest BCUT2D eigenvalue weighted by Gasteiger charge is -2.20. The molecular formula is C13H16N2O. The lowest BCUT2D eigenvalue weighted by Crippen LogP contribution is -2.26. The Balaban J connectivity index is 2.33. The van der Waals surface area contributed by atoms with Crippen LogP contribution in [0.5, 0.6) is 0 Å². The zero-order valence-corrected chi connectivity index (χ0v) is 9.64. The molecule has 0 bridgehead atoms. The summed E-state index contributed by atoms with van der Waals surface area (Å²) >= 11 is 0. The van der Waals surface area contributed by atoms with Gasteiger partial charge in [-0.05, 0) is 37.6 Å². The number of hydrogen-bond donors (Lipinski definition) is 1. The van der Waals surface area contributed by atoms with Crippen LogP contribution in [0.2, 0.25) is 0 Å². The van der Waals surface area contributed by atoms with Gasteiger partial charge in [-0.2, -0.15) is 0 Å². The first-order valence-electron chi connectivity index (χ1n) is 5.54. The Morgan fingerprint density at radius 2 is 2.12 bits per heavy atom. The fourth-order valence-corrected chi connectivity index (χ4v) is 1.61. The Morgan fingerprint density at radius 1 is 1.31 bits per heavy atom. The van der Waals surface area contributed by atoms with E-state index in [0.717, 1.165) is 23.1 Å². The van der Waals surface area contributed by atoms with Gasteiger partial charge in [-0.25, -0.2) is 9.97 Å². The van der Waals surface area contributed by atoms with Gasteiger partial charge in [-0.1, -0.05) is 6.92 Å². The smallest absolute Gasteiger partial charge is 0.159 e. The summed E-state index contributed by atoms with van der Waals surface area (Å²) in [6.45, 7) is 3.80. The van der Waals surface area contributed by atoms with Crippen LogP contribution < -0.4 is 0 Å². The number of hydrogen-bond acceptors (Lipinski definition) is 3. The van der Waals surface area contributed by atoms with E-state index in [1.54, 1.807) is 6.20 Å². The molecule has 0 saturated carbocycles. The van der Waals surface area contributed by atoms with Crippen molar-refractivity contribution in [1.29, 1.82) is 0 Å². The van der Waals surface area contributed by atoms with E-state index < -0.39 is 5.60 Å². The van der Waals surface area contributed by atoms with E-state index in [4.69, 9.17) is 0 Å². The van der Waals surface area contributed by atoms with Crippen molar-refractivity contribution in [2.24, 2.45) is 0 Å². The van der Waals surface area contributed by atoms with Crippen LogP contribution in [0.1, 0.15) is 26.0 Å². The van der Waals surface area contributed by atoms with Gasteiger partial charge in [0.05, 0.1) is 5.60 Å². The van der Waals surface area contributed by atoms with E-state index in [-0.39, 0.29) is 0 Å². The van der Waals surface area contributed by atoms with E-state index in [2.05, 4.69) is 9.97 Å². The third-order valence-corrected chi connectivity index (χ3v) is 2.85. The maximum Gasteiger partial charge on any atom is 0.159 e. The topological polar surface area (TPSA) is 46.0 Å². The van der Waals surface area contributed by atoms with Crippen LogP contribution in [0.4, 0.5) is 0 Å². The van der Waals surface area contributed by atoms with Crippen LogP contribution >= 0.6 is 0 Å². The highest BCUT2D eigenvalue weighted by Crippen LogP contribution is 2.17. The Morgan fingerprint density at radius 3 is 2.88 bits per heavy atom. The van der Waals surface area contributed by atoms with Crippen molar-refractivity contribution in [3.05, 3.63) is 36.2 Å². The summed E-state index contributed by atoms with van der Waals surface area (Å²) in [4.78, 5) is 8.64. The molecule has 3 nitrogen and oxygen atoms in total. The second-order valence-electron chi connectivity index (χ2n) is 4.38. The van der Waals surface area contributed by atoms with E-state index in [1.165, 1.54) is 0 Å². The molecule has 0 aromatic carbocycles. The molecule has 2 heterocycles. The van der Waals surface area contributed by atoms with Gasteiger partial charge in [0, 0.05) is 23.7 Å². The minimum atomic E-state index is -0.685. The summed E-state index contributed by atoms with van der Waals surface area (Å²) in [7, 11) is 0.